The summed E-state index contributed by atoms with van der Waals surface area (Å²) in [5.74, 6) is 0.815. The van der Waals surface area contributed by atoms with Crippen molar-refractivity contribution in [3.8, 4) is 0 Å². The van der Waals surface area contributed by atoms with Crippen LogP contribution in [0.1, 0.15) is 69.4 Å². The second kappa shape index (κ2) is 6.46. The fraction of sp³-hybridized carbons (Fsp3) is 0.647. The zero-order chi connectivity index (χ0) is 15.5. The Kier molecular flexibility index (Phi) is 4.86. The van der Waals surface area contributed by atoms with Crippen LogP contribution in [0.4, 0.5) is 5.82 Å². The first-order chi connectivity index (χ1) is 9.90. The van der Waals surface area contributed by atoms with Gasteiger partial charge in [-0.1, -0.05) is 27.7 Å². The number of pyridine rings is 1. The summed E-state index contributed by atoms with van der Waals surface area (Å²) >= 11 is 0. The number of hydrogen-bond acceptors (Lipinski definition) is 3. The normalized spacial score (nSPS) is 15.4. The molecule has 2 N–H and O–H groups in total. The Morgan fingerprint density at radius 3 is 2.57 bits per heavy atom. The van der Waals surface area contributed by atoms with Gasteiger partial charge in [0.15, 0.2) is 0 Å². The molecule has 4 nitrogen and oxygen atoms in total. The molecule has 116 valence electrons. The molecule has 0 unspecified atom stereocenters. The molecule has 0 bridgehead atoms. The highest BCUT2D eigenvalue weighted by molar-refractivity contribution is 5.95. The average molecular weight is 289 g/mol. The number of nitrogens with zero attached hydrogens (tertiary/aromatic N) is 1. The fourth-order valence-corrected chi connectivity index (χ4v) is 2.21. The van der Waals surface area contributed by atoms with Crippen LogP contribution in [0.25, 0.3) is 0 Å². The van der Waals surface area contributed by atoms with Gasteiger partial charge in [0.25, 0.3) is 5.91 Å². The van der Waals surface area contributed by atoms with Gasteiger partial charge in [0, 0.05) is 29.3 Å². The number of amides is 1. The van der Waals surface area contributed by atoms with Crippen molar-refractivity contribution in [2.45, 2.75) is 64.8 Å². The van der Waals surface area contributed by atoms with Crippen LogP contribution in [-0.4, -0.2) is 23.5 Å². The summed E-state index contributed by atoms with van der Waals surface area (Å²) in [5, 5.41) is 6.39. The van der Waals surface area contributed by atoms with E-state index in [1.165, 1.54) is 6.42 Å². The second-order valence-corrected chi connectivity index (χ2v) is 6.90. The van der Waals surface area contributed by atoms with Gasteiger partial charge >= 0.3 is 0 Å². The van der Waals surface area contributed by atoms with Crippen molar-refractivity contribution in [2.75, 3.05) is 11.9 Å². The lowest BCUT2D eigenvalue weighted by Crippen LogP contribution is -2.39. The van der Waals surface area contributed by atoms with Crippen molar-refractivity contribution in [2.24, 2.45) is 0 Å². The molecule has 0 aliphatic heterocycles. The molecule has 1 aromatic heterocycles. The molecule has 0 saturated heterocycles. The highest BCUT2D eigenvalue weighted by Gasteiger charge is 2.23. The van der Waals surface area contributed by atoms with Crippen LogP contribution in [0.5, 0.6) is 0 Å². The summed E-state index contributed by atoms with van der Waals surface area (Å²) in [6.07, 6.45) is 4.46. The summed E-state index contributed by atoms with van der Waals surface area (Å²) < 4.78 is 0. The molecule has 0 aromatic carbocycles. The van der Waals surface area contributed by atoms with Gasteiger partial charge in [0.05, 0.1) is 0 Å². The highest BCUT2D eigenvalue weighted by atomic mass is 16.1. The Bertz CT molecular complexity index is 501. The van der Waals surface area contributed by atoms with E-state index in [2.05, 4.69) is 43.3 Å². The Labute approximate surface area is 127 Å². The molecule has 21 heavy (non-hydrogen) atoms. The van der Waals surface area contributed by atoms with Crippen LogP contribution < -0.4 is 10.6 Å². The van der Waals surface area contributed by atoms with Gasteiger partial charge in [0.1, 0.15) is 5.82 Å². The minimum atomic E-state index is -0.0740. The van der Waals surface area contributed by atoms with E-state index in [9.17, 15) is 4.79 Å². The van der Waals surface area contributed by atoms with Gasteiger partial charge in [-0.15, -0.1) is 0 Å². The Morgan fingerprint density at radius 1 is 1.33 bits per heavy atom. The van der Waals surface area contributed by atoms with Gasteiger partial charge in [0.2, 0.25) is 0 Å². The summed E-state index contributed by atoms with van der Waals surface area (Å²) in [6, 6.07) is 4.14. The maximum atomic E-state index is 12.4. The summed E-state index contributed by atoms with van der Waals surface area (Å²) in [4.78, 5) is 17.0. The van der Waals surface area contributed by atoms with E-state index in [4.69, 9.17) is 0 Å². The maximum absolute atomic E-state index is 12.4. The number of hydrogen-bond donors (Lipinski definition) is 2. The van der Waals surface area contributed by atoms with Crippen molar-refractivity contribution in [3.63, 3.8) is 0 Å². The monoisotopic (exact) mass is 289 g/mol. The van der Waals surface area contributed by atoms with Gasteiger partial charge in [-0.25, -0.2) is 4.98 Å². The van der Waals surface area contributed by atoms with Crippen molar-refractivity contribution in [3.05, 3.63) is 23.4 Å². The SMILES string of the molecule is CCCNc1cc(C(=O)NC2CCC2)cc(C(C)(C)C)n1. The minimum absolute atomic E-state index is 0.0205. The van der Waals surface area contributed by atoms with Crippen molar-refractivity contribution in [1.82, 2.24) is 10.3 Å². The lowest BCUT2D eigenvalue weighted by atomic mass is 9.90. The molecular weight excluding hydrogens is 262 g/mol. The third-order valence-corrected chi connectivity index (χ3v) is 3.85. The topological polar surface area (TPSA) is 54.0 Å². The van der Waals surface area contributed by atoms with Gasteiger partial charge in [-0.05, 0) is 37.8 Å². The number of carbonyl (C=O) groups excluding carboxylic acids is 1. The molecule has 1 heterocycles. The lowest BCUT2D eigenvalue weighted by molar-refractivity contribution is 0.0916. The zero-order valence-electron chi connectivity index (χ0n) is 13.6. The van der Waals surface area contributed by atoms with Crippen LogP contribution in [0.15, 0.2) is 12.1 Å². The van der Waals surface area contributed by atoms with Gasteiger partial charge in [-0.2, -0.15) is 0 Å². The van der Waals surface area contributed by atoms with Crippen LogP contribution >= 0.6 is 0 Å². The van der Waals surface area contributed by atoms with E-state index in [-0.39, 0.29) is 11.3 Å². The molecule has 1 aliphatic rings. The second-order valence-electron chi connectivity index (χ2n) is 6.90. The fourth-order valence-electron chi connectivity index (χ4n) is 2.21. The lowest BCUT2D eigenvalue weighted by Gasteiger charge is -2.27. The molecule has 1 aliphatic carbocycles. The molecular formula is C17H27N3O. The number of rotatable bonds is 5. The molecule has 1 aromatic rings. The van der Waals surface area contributed by atoms with Crippen LogP contribution in [0, 0.1) is 0 Å². The number of carbonyl (C=O) groups is 1. The zero-order valence-corrected chi connectivity index (χ0v) is 13.6. The smallest absolute Gasteiger partial charge is 0.251 e. The molecule has 0 spiro atoms. The summed E-state index contributed by atoms with van der Waals surface area (Å²) in [6.45, 7) is 9.33. The standard InChI is InChI=1S/C17H27N3O/c1-5-9-18-15-11-12(10-14(20-15)17(2,3)4)16(21)19-13-7-6-8-13/h10-11,13H,5-9H2,1-4H3,(H,18,20)(H,19,21). The molecule has 0 atom stereocenters. The molecule has 1 saturated carbocycles. The molecule has 1 fully saturated rings. The van der Waals surface area contributed by atoms with Gasteiger partial charge in [-0.3, -0.25) is 4.79 Å². The molecule has 2 rings (SSSR count). The third kappa shape index (κ3) is 4.19. The van der Waals surface area contributed by atoms with Crippen molar-refractivity contribution in [1.29, 1.82) is 0 Å². The number of nitrogens with one attached hydrogen (secondary N) is 2. The van der Waals surface area contributed by atoms with E-state index in [0.717, 1.165) is 37.3 Å². The quantitative estimate of drug-likeness (QED) is 0.872. The predicted octanol–water partition coefficient (Wildman–Crippen LogP) is 3.48. The predicted molar refractivity (Wildman–Crippen MR) is 86.8 cm³/mol. The largest absolute Gasteiger partial charge is 0.370 e. The summed E-state index contributed by atoms with van der Waals surface area (Å²) in [5.41, 5.74) is 1.58. The van der Waals surface area contributed by atoms with E-state index in [0.29, 0.717) is 11.6 Å². The Morgan fingerprint density at radius 2 is 2.05 bits per heavy atom. The number of aromatic nitrogens is 1. The van der Waals surface area contributed by atoms with Crippen LogP contribution in [0.2, 0.25) is 0 Å². The van der Waals surface area contributed by atoms with E-state index in [1.54, 1.807) is 0 Å². The highest BCUT2D eigenvalue weighted by Crippen LogP contribution is 2.24. The third-order valence-electron chi connectivity index (χ3n) is 3.85. The van der Waals surface area contributed by atoms with Crippen molar-refractivity contribution >= 4 is 11.7 Å². The average Bonchev–Trinajstić information content (AvgIpc) is 2.39. The Hall–Kier alpha value is -1.58. The number of anilines is 1. The first-order valence-electron chi connectivity index (χ1n) is 7.97. The van der Waals surface area contributed by atoms with E-state index < -0.39 is 0 Å². The van der Waals surface area contributed by atoms with Crippen LogP contribution in [0.3, 0.4) is 0 Å². The maximum Gasteiger partial charge on any atom is 0.251 e. The first kappa shape index (κ1) is 15.8. The van der Waals surface area contributed by atoms with E-state index in [1.807, 2.05) is 12.1 Å². The van der Waals surface area contributed by atoms with Crippen LogP contribution in [-0.2, 0) is 5.41 Å². The first-order valence-corrected chi connectivity index (χ1v) is 7.97. The van der Waals surface area contributed by atoms with Gasteiger partial charge < -0.3 is 10.6 Å². The van der Waals surface area contributed by atoms with E-state index >= 15 is 0 Å². The minimum Gasteiger partial charge on any atom is -0.370 e. The van der Waals surface area contributed by atoms with Crippen molar-refractivity contribution < 1.29 is 4.79 Å². The molecule has 4 heteroatoms. The molecule has 0 radical (unpaired) electrons. The molecule has 1 amide bonds. The Balaban J connectivity index is 2.23. The summed E-state index contributed by atoms with van der Waals surface area (Å²) in [7, 11) is 0.